The van der Waals surface area contributed by atoms with Gasteiger partial charge in [0.2, 0.25) is 10.0 Å². The van der Waals surface area contributed by atoms with Gasteiger partial charge in [0, 0.05) is 11.5 Å². The second-order valence-electron chi connectivity index (χ2n) is 6.29. The van der Waals surface area contributed by atoms with Crippen molar-refractivity contribution in [3.8, 4) is 22.8 Å². The smallest absolute Gasteiger partial charge is 0.229 e. The quantitative estimate of drug-likeness (QED) is 0.443. The van der Waals surface area contributed by atoms with Crippen molar-refractivity contribution in [3.05, 3.63) is 65.4 Å². The maximum Gasteiger partial charge on any atom is 0.229 e. The van der Waals surface area contributed by atoms with E-state index in [1.807, 2.05) is 42.5 Å². The van der Waals surface area contributed by atoms with Gasteiger partial charge in [-0.25, -0.2) is 8.42 Å². The molecule has 0 atom stereocenters. The van der Waals surface area contributed by atoms with Crippen LogP contribution in [0, 0.1) is 4.77 Å². The molecular formula is C19H16N4O3S2. The van der Waals surface area contributed by atoms with Crippen LogP contribution in [-0.4, -0.2) is 34.5 Å². The van der Waals surface area contributed by atoms with Gasteiger partial charge in [0.15, 0.2) is 10.6 Å². The fourth-order valence-electron chi connectivity index (χ4n) is 3.10. The number of aromatic amines is 1. The predicted octanol–water partition coefficient (Wildman–Crippen LogP) is 3.83. The molecule has 1 aromatic heterocycles. The molecule has 0 bridgehead atoms. The van der Waals surface area contributed by atoms with E-state index >= 15 is 0 Å². The Morgan fingerprint density at radius 2 is 1.86 bits per heavy atom. The number of phenolic OH excluding ortho intramolecular Hbond substituents is 1. The first-order chi connectivity index (χ1) is 13.3. The van der Waals surface area contributed by atoms with Crippen molar-refractivity contribution in [2.75, 3.05) is 11.0 Å². The number of rotatable bonds is 4. The van der Waals surface area contributed by atoms with Gasteiger partial charge < -0.3 is 5.11 Å². The van der Waals surface area contributed by atoms with Crippen LogP contribution in [0.5, 0.6) is 5.75 Å². The van der Waals surface area contributed by atoms with Gasteiger partial charge in [-0.15, -0.1) is 0 Å². The summed E-state index contributed by atoms with van der Waals surface area (Å²) in [5.41, 5.74) is 1.50. The van der Waals surface area contributed by atoms with Crippen molar-refractivity contribution in [3.63, 3.8) is 0 Å². The van der Waals surface area contributed by atoms with Crippen molar-refractivity contribution < 1.29 is 13.5 Å². The molecule has 0 spiro atoms. The fraction of sp³-hybridized carbons (Fsp3) is 0.0526. The van der Waals surface area contributed by atoms with Crippen LogP contribution in [0.25, 0.3) is 27.8 Å². The molecule has 0 aliphatic heterocycles. The third-order valence-corrected chi connectivity index (χ3v) is 5.10. The Labute approximate surface area is 166 Å². The number of nitrogens with zero attached hydrogens (tertiary/aromatic N) is 2. The Morgan fingerprint density at radius 3 is 2.61 bits per heavy atom. The van der Waals surface area contributed by atoms with E-state index in [0.717, 1.165) is 22.7 Å². The van der Waals surface area contributed by atoms with E-state index in [4.69, 9.17) is 12.2 Å². The minimum Gasteiger partial charge on any atom is -0.507 e. The summed E-state index contributed by atoms with van der Waals surface area (Å²) in [5.74, 6) is 0.300. The molecule has 4 aromatic rings. The summed E-state index contributed by atoms with van der Waals surface area (Å²) < 4.78 is 27.3. The lowest BCUT2D eigenvalue weighted by Gasteiger charge is -2.12. The highest BCUT2D eigenvalue weighted by Gasteiger charge is 2.17. The lowest BCUT2D eigenvalue weighted by Crippen LogP contribution is -2.09. The summed E-state index contributed by atoms with van der Waals surface area (Å²) in [4.78, 5) is 0. The lowest BCUT2D eigenvalue weighted by atomic mass is 10.1. The Bertz CT molecular complexity index is 1350. The first-order valence-corrected chi connectivity index (χ1v) is 10.6. The van der Waals surface area contributed by atoms with Gasteiger partial charge in [0.1, 0.15) is 5.75 Å². The van der Waals surface area contributed by atoms with E-state index < -0.39 is 10.0 Å². The van der Waals surface area contributed by atoms with Crippen molar-refractivity contribution in [1.82, 2.24) is 14.8 Å². The van der Waals surface area contributed by atoms with Crippen LogP contribution in [0.1, 0.15) is 0 Å². The van der Waals surface area contributed by atoms with Crippen molar-refractivity contribution in [2.24, 2.45) is 0 Å². The van der Waals surface area contributed by atoms with E-state index in [1.165, 1.54) is 6.07 Å². The molecule has 0 saturated carbocycles. The topological polar surface area (TPSA) is 100 Å². The minimum absolute atomic E-state index is 0.121. The number of nitrogens with one attached hydrogen (secondary N) is 2. The molecule has 142 valence electrons. The molecule has 1 heterocycles. The molecule has 28 heavy (non-hydrogen) atoms. The van der Waals surface area contributed by atoms with Crippen LogP contribution in [-0.2, 0) is 10.0 Å². The summed E-state index contributed by atoms with van der Waals surface area (Å²) in [7, 11) is -3.45. The normalized spacial score (nSPS) is 11.6. The summed E-state index contributed by atoms with van der Waals surface area (Å²) in [5, 5.41) is 19.6. The van der Waals surface area contributed by atoms with Gasteiger partial charge in [-0.05, 0) is 35.8 Å². The summed E-state index contributed by atoms with van der Waals surface area (Å²) in [6.07, 6.45) is 1.05. The average Bonchev–Trinajstić information content (AvgIpc) is 3.01. The molecule has 9 heteroatoms. The standard InChI is InChI=1S/C19H16N4O3S2/c1-28(25,26)22-13-9-10-15(17(24)11-13)18-20-21-19(27)23(18)16-8-4-6-12-5-2-3-7-14(12)16/h2-11,22,24H,1H3,(H,21,27). The van der Waals surface area contributed by atoms with Crippen LogP contribution in [0.4, 0.5) is 5.69 Å². The van der Waals surface area contributed by atoms with Crippen LogP contribution in [0.2, 0.25) is 0 Å². The molecule has 3 aromatic carbocycles. The van der Waals surface area contributed by atoms with Gasteiger partial charge >= 0.3 is 0 Å². The molecule has 0 unspecified atom stereocenters. The lowest BCUT2D eigenvalue weighted by molar-refractivity contribution is 0.477. The molecule has 0 amide bonds. The maximum atomic E-state index is 11.4. The number of fused-ring (bicyclic) bond motifs is 1. The van der Waals surface area contributed by atoms with E-state index in [2.05, 4.69) is 14.9 Å². The van der Waals surface area contributed by atoms with Crippen molar-refractivity contribution in [1.29, 1.82) is 0 Å². The summed E-state index contributed by atoms with van der Waals surface area (Å²) in [6, 6.07) is 18.2. The number of hydrogen-bond acceptors (Lipinski definition) is 5. The van der Waals surface area contributed by atoms with Crippen molar-refractivity contribution >= 4 is 38.7 Å². The predicted molar refractivity (Wildman–Crippen MR) is 112 cm³/mol. The highest BCUT2D eigenvalue weighted by atomic mass is 32.2. The van der Waals surface area contributed by atoms with E-state index in [0.29, 0.717) is 16.2 Å². The zero-order chi connectivity index (χ0) is 19.9. The molecular weight excluding hydrogens is 396 g/mol. The third-order valence-electron chi connectivity index (χ3n) is 4.22. The molecule has 4 rings (SSSR count). The number of aromatic hydroxyl groups is 1. The maximum absolute atomic E-state index is 11.4. The SMILES string of the molecule is CS(=O)(=O)Nc1ccc(-c2n[nH]c(=S)n2-c2cccc3ccccc23)c(O)c1. The number of aromatic nitrogens is 3. The zero-order valence-corrected chi connectivity index (χ0v) is 16.4. The zero-order valence-electron chi connectivity index (χ0n) is 14.7. The highest BCUT2D eigenvalue weighted by Crippen LogP contribution is 2.33. The fourth-order valence-corrected chi connectivity index (χ4v) is 3.89. The van der Waals surface area contributed by atoms with Crippen LogP contribution in [0.3, 0.4) is 0 Å². The number of H-pyrrole nitrogens is 1. The van der Waals surface area contributed by atoms with Gasteiger partial charge in [0.25, 0.3) is 0 Å². The Morgan fingerprint density at radius 1 is 1.11 bits per heavy atom. The summed E-state index contributed by atoms with van der Waals surface area (Å²) in [6.45, 7) is 0. The van der Waals surface area contributed by atoms with Crippen LogP contribution >= 0.6 is 12.2 Å². The van der Waals surface area contributed by atoms with E-state index in [-0.39, 0.29) is 11.4 Å². The second kappa shape index (κ2) is 6.77. The average molecular weight is 412 g/mol. The minimum atomic E-state index is -3.45. The Balaban J connectivity index is 1.89. The van der Waals surface area contributed by atoms with E-state index in [1.54, 1.807) is 16.7 Å². The molecule has 0 fully saturated rings. The first-order valence-electron chi connectivity index (χ1n) is 8.30. The number of sulfonamides is 1. The van der Waals surface area contributed by atoms with Gasteiger partial charge in [-0.2, -0.15) is 5.10 Å². The van der Waals surface area contributed by atoms with E-state index in [9.17, 15) is 13.5 Å². The molecule has 0 aliphatic rings. The molecule has 7 nitrogen and oxygen atoms in total. The second-order valence-corrected chi connectivity index (χ2v) is 8.43. The van der Waals surface area contributed by atoms with Gasteiger partial charge in [-0.1, -0.05) is 36.4 Å². The number of benzene rings is 3. The van der Waals surface area contributed by atoms with Gasteiger partial charge in [0.05, 0.1) is 23.2 Å². The van der Waals surface area contributed by atoms with Crippen LogP contribution < -0.4 is 4.72 Å². The Kier molecular flexibility index (Phi) is 4.40. The largest absolute Gasteiger partial charge is 0.507 e. The number of anilines is 1. The molecule has 0 saturated heterocycles. The van der Waals surface area contributed by atoms with Crippen LogP contribution in [0.15, 0.2) is 60.7 Å². The van der Waals surface area contributed by atoms with Gasteiger partial charge in [-0.3, -0.25) is 14.4 Å². The molecule has 0 aliphatic carbocycles. The number of hydrogen-bond donors (Lipinski definition) is 3. The molecule has 0 radical (unpaired) electrons. The highest BCUT2D eigenvalue weighted by molar-refractivity contribution is 7.92. The first kappa shape index (κ1) is 18.2. The monoisotopic (exact) mass is 412 g/mol. The Hall–Kier alpha value is -3.17. The number of phenols is 1. The third kappa shape index (κ3) is 3.37. The molecule has 3 N–H and O–H groups in total. The summed E-state index contributed by atoms with van der Waals surface area (Å²) >= 11 is 5.43. The van der Waals surface area contributed by atoms with Crippen molar-refractivity contribution in [2.45, 2.75) is 0 Å².